The summed E-state index contributed by atoms with van der Waals surface area (Å²) in [5.41, 5.74) is 4.55. The van der Waals surface area contributed by atoms with E-state index in [0.29, 0.717) is 11.3 Å². The van der Waals surface area contributed by atoms with E-state index in [1.807, 2.05) is 0 Å². The Hall–Kier alpha value is -1.75. The van der Waals surface area contributed by atoms with Crippen molar-refractivity contribution in [3.8, 4) is 11.5 Å². The Kier molecular flexibility index (Phi) is 1.65. The average Bonchev–Trinajstić information content (AvgIpc) is 2.45. The molecule has 0 radical (unpaired) electrons. The number of carboxylic acids is 1. The first-order valence-electron chi connectivity index (χ1n) is 4.02. The predicted molar refractivity (Wildman–Crippen MR) is 47.1 cm³/mol. The van der Waals surface area contributed by atoms with Gasteiger partial charge < -0.3 is 20.7 Å². The van der Waals surface area contributed by atoms with Gasteiger partial charge in [-0.15, -0.1) is 0 Å². The number of carboxylic acid groups (broad SMARTS) is 1. The quantitative estimate of drug-likeness (QED) is 0.587. The van der Waals surface area contributed by atoms with Gasteiger partial charge in [-0.2, -0.15) is 0 Å². The summed E-state index contributed by atoms with van der Waals surface area (Å²) in [6.45, 7) is -0.110. The lowest BCUT2D eigenvalue weighted by atomic mass is 9.93. The molecule has 0 fully saturated rings. The summed E-state index contributed by atoms with van der Waals surface area (Å²) in [6.07, 6.45) is 0. The smallest absolute Gasteiger partial charge is 0.332 e. The molecule has 1 aliphatic heterocycles. The summed E-state index contributed by atoms with van der Waals surface area (Å²) in [6, 6.07) is 4.21. The molecule has 14 heavy (non-hydrogen) atoms. The van der Waals surface area contributed by atoms with Crippen LogP contribution in [-0.4, -0.2) is 22.8 Å². The highest BCUT2D eigenvalue weighted by Gasteiger charge is 2.44. The molecule has 0 aromatic heterocycles. The fourth-order valence-electron chi connectivity index (χ4n) is 1.45. The Balaban J connectivity index is 2.55. The van der Waals surface area contributed by atoms with Gasteiger partial charge in [-0.05, 0) is 12.1 Å². The second-order valence-electron chi connectivity index (χ2n) is 3.25. The number of rotatable bonds is 1. The predicted octanol–water partition coefficient (Wildman–Crippen LogP) is 0.0232. The molecular weight excluding hydrogens is 186 g/mol. The van der Waals surface area contributed by atoms with E-state index in [4.69, 9.17) is 20.7 Å². The average molecular weight is 195 g/mol. The summed E-state index contributed by atoms with van der Waals surface area (Å²) in [7, 11) is 0. The minimum absolute atomic E-state index is 0.0263. The fourth-order valence-corrected chi connectivity index (χ4v) is 1.45. The van der Waals surface area contributed by atoms with Crippen LogP contribution in [0.4, 0.5) is 0 Å². The Morgan fingerprint density at radius 2 is 2.29 bits per heavy atom. The highest BCUT2D eigenvalue weighted by Crippen LogP contribution is 2.37. The molecule has 1 atom stereocenters. The minimum atomic E-state index is -1.50. The number of phenols is 1. The topological polar surface area (TPSA) is 92.8 Å². The molecule has 1 aromatic carbocycles. The molecule has 1 aromatic rings. The maximum atomic E-state index is 10.9. The van der Waals surface area contributed by atoms with Crippen LogP contribution in [0.2, 0.25) is 0 Å². The van der Waals surface area contributed by atoms with Crippen molar-refractivity contribution < 1.29 is 19.7 Å². The molecule has 1 aliphatic rings. The third-order valence-corrected chi connectivity index (χ3v) is 2.28. The van der Waals surface area contributed by atoms with E-state index in [1.165, 1.54) is 18.2 Å². The van der Waals surface area contributed by atoms with Crippen molar-refractivity contribution in [3.63, 3.8) is 0 Å². The molecule has 0 spiro atoms. The molecule has 74 valence electrons. The van der Waals surface area contributed by atoms with E-state index in [2.05, 4.69) is 0 Å². The van der Waals surface area contributed by atoms with Crippen molar-refractivity contribution in [3.05, 3.63) is 23.8 Å². The standard InChI is InChI=1S/C9H9NO4/c10-9(8(12)13)4-14-7-3-5(11)1-2-6(7)9/h1-3,11H,4,10H2,(H,12,13). The van der Waals surface area contributed by atoms with Gasteiger partial charge in [-0.25, -0.2) is 4.79 Å². The molecule has 5 heteroatoms. The zero-order chi connectivity index (χ0) is 10.3. The number of fused-ring (bicyclic) bond motifs is 1. The largest absolute Gasteiger partial charge is 0.508 e. The first-order chi connectivity index (χ1) is 6.54. The first-order valence-corrected chi connectivity index (χ1v) is 4.02. The summed E-state index contributed by atoms with van der Waals surface area (Å²) in [5.74, 6) is -0.782. The molecule has 0 aliphatic carbocycles. The molecule has 1 heterocycles. The number of hydrogen-bond donors (Lipinski definition) is 3. The number of nitrogens with two attached hydrogens (primary N) is 1. The molecule has 0 bridgehead atoms. The van der Waals surface area contributed by atoms with Crippen LogP contribution < -0.4 is 10.5 Å². The Labute approximate surface area is 79.7 Å². The second-order valence-corrected chi connectivity index (χ2v) is 3.25. The van der Waals surface area contributed by atoms with Crippen LogP contribution in [0.15, 0.2) is 18.2 Å². The summed E-state index contributed by atoms with van der Waals surface area (Å²) < 4.78 is 5.09. The molecule has 4 N–H and O–H groups in total. The SMILES string of the molecule is NC1(C(=O)O)COc2cc(O)ccc21. The highest BCUT2D eigenvalue weighted by molar-refractivity contribution is 5.83. The van der Waals surface area contributed by atoms with Crippen molar-refractivity contribution >= 4 is 5.97 Å². The molecule has 0 saturated carbocycles. The minimum Gasteiger partial charge on any atom is -0.508 e. The van der Waals surface area contributed by atoms with Crippen LogP contribution in [-0.2, 0) is 10.3 Å². The summed E-state index contributed by atoms with van der Waals surface area (Å²) in [5, 5.41) is 18.1. The molecule has 2 rings (SSSR count). The number of ether oxygens (including phenoxy) is 1. The Morgan fingerprint density at radius 1 is 1.57 bits per heavy atom. The van der Waals surface area contributed by atoms with E-state index in [0.717, 1.165) is 0 Å². The van der Waals surface area contributed by atoms with E-state index < -0.39 is 11.5 Å². The van der Waals surface area contributed by atoms with E-state index in [9.17, 15) is 4.79 Å². The van der Waals surface area contributed by atoms with Gasteiger partial charge in [0.15, 0.2) is 5.54 Å². The third-order valence-electron chi connectivity index (χ3n) is 2.28. The van der Waals surface area contributed by atoms with E-state index in [-0.39, 0.29) is 12.4 Å². The molecule has 0 saturated heterocycles. The van der Waals surface area contributed by atoms with Crippen LogP contribution in [0, 0.1) is 0 Å². The maximum absolute atomic E-state index is 10.9. The van der Waals surface area contributed by atoms with Gasteiger partial charge in [0, 0.05) is 11.6 Å². The molecule has 1 unspecified atom stereocenters. The lowest BCUT2D eigenvalue weighted by Crippen LogP contribution is -2.46. The van der Waals surface area contributed by atoms with Crippen molar-refractivity contribution in [2.45, 2.75) is 5.54 Å². The van der Waals surface area contributed by atoms with Gasteiger partial charge in [0.1, 0.15) is 18.1 Å². The molecular formula is C9H9NO4. The second kappa shape index (κ2) is 2.62. The third kappa shape index (κ3) is 1.03. The monoisotopic (exact) mass is 195 g/mol. The number of hydrogen-bond acceptors (Lipinski definition) is 4. The lowest BCUT2D eigenvalue weighted by Gasteiger charge is -2.15. The van der Waals surface area contributed by atoms with Gasteiger partial charge in [0.05, 0.1) is 0 Å². The van der Waals surface area contributed by atoms with Crippen molar-refractivity contribution in [2.24, 2.45) is 5.73 Å². The number of carbonyl (C=O) groups is 1. The Bertz CT molecular complexity index is 404. The number of aromatic hydroxyl groups is 1. The summed E-state index contributed by atoms with van der Waals surface area (Å²) in [4.78, 5) is 10.9. The van der Waals surface area contributed by atoms with Gasteiger partial charge in [-0.3, -0.25) is 0 Å². The van der Waals surface area contributed by atoms with Gasteiger partial charge in [-0.1, -0.05) is 0 Å². The van der Waals surface area contributed by atoms with Crippen molar-refractivity contribution in [1.29, 1.82) is 0 Å². The van der Waals surface area contributed by atoms with Crippen LogP contribution in [0.3, 0.4) is 0 Å². The van der Waals surface area contributed by atoms with E-state index in [1.54, 1.807) is 0 Å². The maximum Gasteiger partial charge on any atom is 0.332 e. The highest BCUT2D eigenvalue weighted by atomic mass is 16.5. The van der Waals surface area contributed by atoms with Crippen molar-refractivity contribution in [2.75, 3.05) is 6.61 Å². The normalized spacial score (nSPS) is 24.1. The zero-order valence-corrected chi connectivity index (χ0v) is 7.23. The van der Waals surface area contributed by atoms with Gasteiger partial charge in [0.25, 0.3) is 0 Å². The van der Waals surface area contributed by atoms with Crippen LogP contribution in [0.5, 0.6) is 11.5 Å². The lowest BCUT2D eigenvalue weighted by molar-refractivity contribution is -0.144. The van der Waals surface area contributed by atoms with Crippen molar-refractivity contribution in [1.82, 2.24) is 0 Å². The van der Waals surface area contributed by atoms with Crippen LogP contribution in [0.1, 0.15) is 5.56 Å². The number of phenolic OH excluding ortho intramolecular Hbond substituents is 1. The van der Waals surface area contributed by atoms with Gasteiger partial charge >= 0.3 is 5.97 Å². The van der Waals surface area contributed by atoms with Crippen LogP contribution >= 0.6 is 0 Å². The Morgan fingerprint density at radius 3 is 2.93 bits per heavy atom. The molecule has 0 amide bonds. The number of benzene rings is 1. The zero-order valence-electron chi connectivity index (χ0n) is 7.23. The summed E-state index contributed by atoms with van der Waals surface area (Å²) >= 11 is 0. The molecule has 5 nitrogen and oxygen atoms in total. The number of aliphatic carboxylic acids is 1. The van der Waals surface area contributed by atoms with E-state index >= 15 is 0 Å². The van der Waals surface area contributed by atoms with Crippen LogP contribution in [0.25, 0.3) is 0 Å². The van der Waals surface area contributed by atoms with Gasteiger partial charge in [0.2, 0.25) is 0 Å². The fraction of sp³-hybridized carbons (Fsp3) is 0.222. The first kappa shape index (κ1) is 8.83.